The van der Waals surface area contributed by atoms with Crippen molar-refractivity contribution in [1.29, 1.82) is 0 Å². The van der Waals surface area contributed by atoms with Crippen molar-refractivity contribution in [2.24, 2.45) is 5.73 Å². The third-order valence-corrected chi connectivity index (χ3v) is 3.42. The minimum atomic E-state index is -0.347. The third-order valence-electron chi connectivity index (χ3n) is 3.42. The van der Waals surface area contributed by atoms with Crippen molar-refractivity contribution in [3.05, 3.63) is 48.0 Å². The maximum atomic E-state index is 11.1. The van der Waals surface area contributed by atoms with Crippen LogP contribution in [0.15, 0.2) is 36.7 Å². The Bertz CT molecular complexity index is 588. The van der Waals surface area contributed by atoms with Crippen LogP contribution in [-0.2, 0) is 4.79 Å². The number of nitrogens with one attached hydrogen (secondary N) is 1. The number of amides is 1. The van der Waals surface area contributed by atoms with Crippen molar-refractivity contribution in [1.82, 2.24) is 14.9 Å². The van der Waals surface area contributed by atoms with Crippen LogP contribution in [0, 0.1) is 6.92 Å². The van der Waals surface area contributed by atoms with Crippen LogP contribution in [0.4, 0.5) is 0 Å². The molecule has 2 rings (SSSR count). The minimum absolute atomic E-state index is 0.0652. The van der Waals surface area contributed by atoms with Crippen LogP contribution < -0.4 is 11.1 Å². The number of primary amides is 1. The summed E-state index contributed by atoms with van der Waals surface area (Å²) in [5, 5.41) is 3.17. The highest BCUT2D eigenvalue weighted by Gasteiger charge is 2.13. The molecule has 0 bridgehead atoms. The SMILES string of the molecule is Cc1nccn1-c1ccc([C@H](C)N[C@@H](C)C(N)=O)cc1. The summed E-state index contributed by atoms with van der Waals surface area (Å²) >= 11 is 0. The number of hydrogen-bond donors (Lipinski definition) is 2. The molecule has 0 spiro atoms. The number of nitrogens with zero attached hydrogens (tertiary/aromatic N) is 2. The lowest BCUT2D eigenvalue weighted by molar-refractivity contribution is -0.119. The zero-order valence-corrected chi connectivity index (χ0v) is 12.0. The first-order valence-corrected chi connectivity index (χ1v) is 6.64. The number of rotatable bonds is 5. The fourth-order valence-corrected chi connectivity index (χ4v) is 2.13. The Hall–Kier alpha value is -2.14. The van der Waals surface area contributed by atoms with Gasteiger partial charge in [0.1, 0.15) is 5.82 Å². The van der Waals surface area contributed by atoms with Crippen LogP contribution in [0.25, 0.3) is 5.69 Å². The van der Waals surface area contributed by atoms with Gasteiger partial charge in [0.25, 0.3) is 0 Å². The molecule has 0 aliphatic carbocycles. The van der Waals surface area contributed by atoms with E-state index in [-0.39, 0.29) is 18.0 Å². The highest BCUT2D eigenvalue weighted by atomic mass is 16.1. The molecule has 0 saturated heterocycles. The second-order valence-electron chi connectivity index (χ2n) is 4.95. The normalized spacial score (nSPS) is 13.9. The van der Waals surface area contributed by atoms with Crippen LogP contribution in [0.5, 0.6) is 0 Å². The van der Waals surface area contributed by atoms with Crippen LogP contribution in [0.1, 0.15) is 31.3 Å². The van der Waals surface area contributed by atoms with Crippen molar-refractivity contribution in [2.75, 3.05) is 0 Å². The van der Waals surface area contributed by atoms with Gasteiger partial charge in [0, 0.05) is 24.1 Å². The summed E-state index contributed by atoms with van der Waals surface area (Å²) in [7, 11) is 0. The zero-order chi connectivity index (χ0) is 14.7. The summed E-state index contributed by atoms with van der Waals surface area (Å²) in [4.78, 5) is 15.3. The molecular weight excluding hydrogens is 252 g/mol. The van der Waals surface area contributed by atoms with Crippen molar-refractivity contribution in [3.8, 4) is 5.69 Å². The van der Waals surface area contributed by atoms with E-state index < -0.39 is 0 Å². The lowest BCUT2D eigenvalue weighted by atomic mass is 10.1. The van der Waals surface area contributed by atoms with E-state index in [0.717, 1.165) is 17.1 Å². The summed E-state index contributed by atoms with van der Waals surface area (Å²) in [6.45, 7) is 5.74. The van der Waals surface area contributed by atoms with Gasteiger partial charge < -0.3 is 10.3 Å². The van der Waals surface area contributed by atoms with Gasteiger partial charge in [-0.25, -0.2) is 4.98 Å². The molecule has 1 amide bonds. The molecule has 1 aromatic carbocycles. The number of hydrogen-bond acceptors (Lipinski definition) is 3. The number of aryl methyl sites for hydroxylation is 1. The summed E-state index contributed by atoms with van der Waals surface area (Å²) in [5.41, 5.74) is 7.43. The minimum Gasteiger partial charge on any atom is -0.368 e. The van der Waals surface area contributed by atoms with E-state index in [4.69, 9.17) is 5.73 Å². The van der Waals surface area contributed by atoms with Crippen molar-refractivity contribution in [2.45, 2.75) is 32.9 Å². The average Bonchev–Trinajstić information content (AvgIpc) is 2.85. The Morgan fingerprint density at radius 2 is 1.95 bits per heavy atom. The number of carbonyl (C=O) groups excluding carboxylic acids is 1. The van der Waals surface area contributed by atoms with E-state index in [0.29, 0.717) is 0 Å². The van der Waals surface area contributed by atoms with Crippen molar-refractivity contribution >= 4 is 5.91 Å². The van der Waals surface area contributed by atoms with Crippen molar-refractivity contribution < 1.29 is 4.79 Å². The van der Waals surface area contributed by atoms with Crippen molar-refractivity contribution in [3.63, 3.8) is 0 Å². The second-order valence-corrected chi connectivity index (χ2v) is 4.95. The van der Waals surface area contributed by atoms with Crippen LogP contribution in [0.2, 0.25) is 0 Å². The van der Waals surface area contributed by atoms with Gasteiger partial charge in [-0.15, -0.1) is 0 Å². The van der Waals surface area contributed by atoms with Gasteiger partial charge in [-0.2, -0.15) is 0 Å². The first-order valence-electron chi connectivity index (χ1n) is 6.64. The molecule has 0 unspecified atom stereocenters. The Morgan fingerprint density at radius 3 is 2.45 bits per heavy atom. The van der Waals surface area contributed by atoms with E-state index in [2.05, 4.69) is 10.3 Å². The highest BCUT2D eigenvalue weighted by Crippen LogP contribution is 2.17. The Balaban J connectivity index is 2.12. The first kappa shape index (κ1) is 14.3. The van der Waals surface area contributed by atoms with Gasteiger partial charge in [0.05, 0.1) is 6.04 Å². The van der Waals surface area contributed by atoms with Crippen LogP contribution in [0.3, 0.4) is 0 Å². The third kappa shape index (κ3) is 3.05. The van der Waals surface area contributed by atoms with E-state index in [1.165, 1.54) is 0 Å². The zero-order valence-electron chi connectivity index (χ0n) is 12.0. The number of benzene rings is 1. The Morgan fingerprint density at radius 1 is 1.30 bits per heavy atom. The topological polar surface area (TPSA) is 72.9 Å². The van der Waals surface area contributed by atoms with Gasteiger partial charge in [-0.05, 0) is 38.5 Å². The van der Waals surface area contributed by atoms with E-state index in [1.807, 2.05) is 48.9 Å². The molecule has 1 heterocycles. The standard InChI is InChI=1S/C15H20N4O/c1-10(18-11(2)15(16)20)13-4-6-14(7-5-13)19-9-8-17-12(19)3/h4-11,18H,1-3H3,(H2,16,20)/t10-,11-/m0/s1. The van der Waals surface area contributed by atoms with Gasteiger partial charge in [-0.1, -0.05) is 12.1 Å². The van der Waals surface area contributed by atoms with Gasteiger partial charge in [0.2, 0.25) is 5.91 Å². The molecule has 1 aromatic heterocycles. The smallest absolute Gasteiger partial charge is 0.234 e. The summed E-state index contributed by atoms with van der Waals surface area (Å²) in [6.07, 6.45) is 3.71. The number of nitrogens with two attached hydrogens (primary N) is 1. The maximum absolute atomic E-state index is 11.1. The molecular formula is C15H20N4O. The molecule has 5 nitrogen and oxygen atoms in total. The van der Waals surface area contributed by atoms with Crippen LogP contribution in [-0.4, -0.2) is 21.5 Å². The van der Waals surface area contributed by atoms with Crippen LogP contribution >= 0.6 is 0 Å². The summed E-state index contributed by atoms with van der Waals surface area (Å²) in [6, 6.07) is 7.88. The first-order chi connectivity index (χ1) is 9.49. The van der Waals surface area contributed by atoms with E-state index in [9.17, 15) is 4.79 Å². The maximum Gasteiger partial charge on any atom is 0.234 e. The molecule has 0 fully saturated rings. The fourth-order valence-electron chi connectivity index (χ4n) is 2.13. The summed E-state index contributed by atoms with van der Waals surface area (Å²) < 4.78 is 2.02. The summed E-state index contributed by atoms with van der Waals surface area (Å²) in [5.74, 6) is 0.605. The molecule has 106 valence electrons. The van der Waals surface area contributed by atoms with Gasteiger partial charge >= 0.3 is 0 Å². The Kier molecular flexibility index (Phi) is 4.20. The number of aromatic nitrogens is 2. The molecule has 20 heavy (non-hydrogen) atoms. The molecule has 0 radical (unpaired) electrons. The lowest BCUT2D eigenvalue weighted by Gasteiger charge is -2.18. The highest BCUT2D eigenvalue weighted by molar-refractivity contribution is 5.79. The predicted octanol–water partition coefficient (Wildman–Crippen LogP) is 1.71. The molecule has 5 heteroatoms. The molecule has 2 atom stereocenters. The molecule has 0 aliphatic heterocycles. The molecule has 2 aromatic rings. The fraction of sp³-hybridized carbons (Fsp3) is 0.333. The number of carbonyl (C=O) groups is 1. The number of imidazole rings is 1. The average molecular weight is 272 g/mol. The largest absolute Gasteiger partial charge is 0.368 e. The molecule has 0 aliphatic rings. The van der Waals surface area contributed by atoms with Gasteiger partial charge in [0.15, 0.2) is 0 Å². The van der Waals surface area contributed by atoms with Gasteiger partial charge in [-0.3, -0.25) is 10.1 Å². The molecule has 0 saturated carbocycles. The molecule has 3 N–H and O–H groups in total. The van der Waals surface area contributed by atoms with E-state index in [1.54, 1.807) is 13.1 Å². The quantitative estimate of drug-likeness (QED) is 0.870. The monoisotopic (exact) mass is 272 g/mol. The predicted molar refractivity (Wildman–Crippen MR) is 78.5 cm³/mol. The second kappa shape index (κ2) is 5.88. The van der Waals surface area contributed by atoms with E-state index >= 15 is 0 Å². The lowest BCUT2D eigenvalue weighted by Crippen LogP contribution is -2.39. The Labute approximate surface area is 118 Å².